The second kappa shape index (κ2) is 5.71. The topological polar surface area (TPSA) is 36.6 Å². The van der Waals surface area contributed by atoms with Gasteiger partial charge in [0.05, 0.1) is 0 Å². The Morgan fingerprint density at radius 2 is 1.94 bits per heavy atom. The molecule has 0 saturated carbocycles. The molecule has 1 N–H and O–H groups in total. The Labute approximate surface area is 101 Å². The van der Waals surface area contributed by atoms with Crippen molar-refractivity contribution < 1.29 is 9.52 Å². The molecule has 0 bridgehead atoms. The highest BCUT2D eigenvalue weighted by molar-refractivity contribution is 6.28. The van der Waals surface area contributed by atoms with Gasteiger partial charge in [0.2, 0.25) is 0 Å². The van der Waals surface area contributed by atoms with Gasteiger partial charge in [-0.2, -0.15) is 0 Å². The minimum Gasteiger partial charge on any atom is -0.447 e. The number of hydrogen-bond acceptors (Lipinski definition) is 3. The molecule has 0 aliphatic carbocycles. The van der Waals surface area contributed by atoms with Crippen LogP contribution in [0.1, 0.15) is 37.5 Å². The highest BCUT2D eigenvalue weighted by Crippen LogP contribution is 2.21. The smallest absolute Gasteiger partial charge is 0.193 e. The van der Waals surface area contributed by atoms with E-state index in [1.165, 1.54) is 25.7 Å². The number of nitrogens with zero attached hydrogens (tertiary/aromatic N) is 1. The summed E-state index contributed by atoms with van der Waals surface area (Å²) in [5.41, 5.74) is 0. The molecule has 1 aliphatic rings. The molecule has 2 heterocycles. The van der Waals surface area contributed by atoms with Crippen molar-refractivity contribution >= 4 is 11.6 Å². The highest BCUT2D eigenvalue weighted by atomic mass is 35.5. The van der Waals surface area contributed by atoms with Crippen LogP contribution in [-0.2, 0) is 0 Å². The first-order valence-electron chi connectivity index (χ1n) is 5.91. The Balaban J connectivity index is 1.88. The van der Waals surface area contributed by atoms with Gasteiger partial charge in [-0.3, -0.25) is 0 Å². The van der Waals surface area contributed by atoms with Crippen molar-refractivity contribution in [3.05, 3.63) is 23.1 Å². The van der Waals surface area contributed by atoms with E-state index < -0.39 is 6.10 Å². The average Bonchev–Trinajstić information content (AvgIpc) is 2.54. The van der Waals surface area contributed by atoms with E-state index in [1.807, 2.05) is 0 Å². The SMILES string of the molecule is OC(CN1CCCCCC1)c1ccc(Cl)o1. The summed E-state index contributed by atoms with van der Waals surface area (Å²) in [5, 5.41) is 10.3. The number of hydrogen-bond donors (Lipinski definition) is 1. The molecule has 2 rings (SSSR count). The summed E-state index contributed by atoms with van der Waals surface area (Å²) in [6.45, 7) is 2.79. The molecule has 1 aliphatic heterocycles. The van der Waals surface area contributed by atoms with Gasteiger partial charge in [0.1, 0.15) is 11.9 Å². The molecule has 1 aromatic heterocycles. The molecule has 0 spiro atoms. The molecular formula is C12H18ClNO2. The molecule has 1 aromatic rings. The zero-order valence-electron chi connectivity index (χ0n) is 9.36. The first kappa shape index (κ1) is 12.0. The lowest BCUT2D eigenvalue weighted by Crippen LogP contribution is -2.29. The van der Waals surface area contributed by atoms with Gasteiger partial charge in [-0.1, -0.05) is 12.8 Å². The maximum Gasteiger partial charge on any atom is 0.193 e. The minimum absolute atomic E-state index is 0.338. The molecule has 0 amide bonds. The summed E-state index contributed by atoms with van der Waals surface area (Å²) < 4.78 is 5.21. The van der Waals surface area contributed by atoms with Crippen LogP contribution < -0.4 is 0 Å². The molecule has 1 atom stereocenters. The number of halogens is 1. The van der Waals surface area contributed by atoms with Gasteiger partial charge in [-0.05, 0) is 49.7 Å². The molecule has 0 aromatic carbocycles. The zero-order valence-corrected chi connectivity index (χ0v) is 10.1. The lowest BCUT2D eigenvalue weighted by Gasteiger charge is -2.21. The van der Waals surface area contributed by atoms with Crippen LogP contribution in [0.2, 0.25) is 5.22 Å². The summed E-state index contributed by atoms with van der Waals surface area (Å²) in [6, 6.07) is 3.41. The molecule has 1 fully saturated rings. The molecule has 16 heavy (non-hydrogen) atoms. The van der Waals surface area contributed by atoms with E-state index in [4.69, 9.17) is 16.0 Å². The monoisotopic (exact) mass is 243 g/mol. The molecule has 3 nitrogen and oxygen atoms in total. The predicted octanol–water partition coefficient (Wildman–Crippen LogP) is 2.84. The van der Waals surface area contributed by atoms with E-state index in [0.29, 0.717) is 17.5 Å². The van der Waals surface area contributed by atoms with Crippen molar-refractivity contribution in [1.29, 1.82) is 0 Å². The van der Waals surface area contributed by atoms with Gasteiger partial charge in [0.25, 0.3) is 0 Å². The average molecular weight is 244 g/mol. The van der Waals surface area contributed by atoms with Crippen molar-refractivity contribution in [3.63, 3.8) is 0 Å². The van der Waals surface area contributed by atoms with E-state index in [0.717, 1.165) is 13.1 Å². The van der Waals surface area contributed by atoms with Crippen molar-refractivity contribution in [3.8, 4) is 0 Å². The third-order valence-corrected chi connectivity index (χ3v) is 3.26. The fourth-order valence-corrected chi connectivity index (χ4v) is 2.31. The first-order chi connectivity index (χ1) is 7.75. The summed E-state index contributed by atoms with van der Waals surface area (Å²) >= 11 is 5.68. The Hall–Kier alpha value is -0.510. The summed E-state index contributed by atoms with van der Waals surface area (Å²) in [6.07, 6.45) is 4.50. The van der Waals surface area contributed by atoms with Gasteiger partial charge in [0, 0.05) is 6.54 Å². The quantitative estimate of drug-likeness (QED) is 0.887. The van der Waals surface area contributed by atoms with E-state index in [2.05, 4.69) is 4.90 Å². The second-order valence-corrected chi connectivity index (χ2v) is 4.75. The van der Waals surface area contributed by atoms with Crippen LogP contribution in [0.5, 0.6) is 0 Å². The van der Waals surface area contributed by atoms with Gasteiger partial charge in [0.15, 0.2) is 5.22 Å². The molecule has 4 heteroatoms. The van der Waals surface area contributed by atoms with E-state index in [9.17, 15) is 5.11 Å². The van der Waals surface area contributed by atoms with Crippen LogP contribution in [0.25, 0.3) is 0 Å². The highest BCUT2D eigenvalue weighted by Gasteiger charge is 2.17. The Bertz CT molecular complexity index is 319. The van der Waals surface area contributed by atoms with Gasteiger partial charge in [-0.15, -0.1) is 0 Å². The number of aliphatic hydroxyl groups is 1. The van der Waals surface area contributed by atoms with Gasteiger partial charge in [-0.25, -0.2) is 0 Å². The van der Waals surface area contributed by atoms with E-state index >= 15 is 0 Å². The van der Waals surface area contributed by atoms with E-state index in [1.54, 1.807) is 12.1 Å². The fraction of sp³-hybridized carbons (Fsp3) is 0.667. The Morgan fingerprint density at radius 1 is 1.25 bits per heavy atom. The van der Waals surface area contributed by atoms with Crippen molar-refractivity contribution in [2.75, 3.05) is 19.6 Å². The lowest BCUT2D eigenvalue weighted by atomic mass is 10.2. The second-order valence-electron chi connectivity index (χ2n) is 4.37. The zero-order chi connectivity index (χ0) is 11.4. The van der Waals surface area contributed by atoms with E-state index in [-0.39, 0.29) is 0 Å². The van der Waals surface area contributed by atoms with Crippen molar-refractivity contribution in [2.45, 2.75) is 31.8 Å². The van der Waals surface area contributed by atoms with Crippen LogP contribution >= 0.6 is 11.6 Å². The van der Waals surface area contributed by atoms with Gasteiger partial charge >= 0.3 is 0 Å². The first-order valence-corrected chi connectivity index (χ1v) is 6.29. The van der Waals surface area contributed by atoms with Crippen molar-refractivity contribution in [1.82, 2.24) is 4.90 Å². The number of furan rings is 1. The minimum atomic E-state index is -0.564. The molecule has 0 radical (unpaired) electrons. The maximum atomic E-state index is 9.98. The number of rotatable bonds is 3. The van der Waals surface area contributed by atoms with Crippen LogP contribution in [-0.4, -0.2) is 29.6 Å². The fourth-order valence-electron chi connectivity index (χ4n) is 2.16. The van der Waals surface area contributed by atoms with Crippen LogP contribution in [0, 0.1) is 0 Å². The van der Waals surface area contributed by atoms with Crippen LogP contribution in [0.15, 0.2) is 16.5 Å². The number of aliphatic hydroxyl groups excluding tert-OH is 1. The van der Waals surface area contributed by atoms with Crippen LogP contribution in [0.4, 0.5) is 0 Å². The number of β-amino-alcohol motifs (C(OH)–C–C–N with tert-alkyl or cyclic N) is 1. The Morgan fingerprint density at radius 3 is 2.50 bits per heavy atom. The Kier molecular flexibility index (Phi) is 4.27. The molecular weight excluding hydrogens is 226 g/mol. The number of likely N-dealkylation sites (tertiary alicyclic amines) is 1. The summed E-state index contributed by atoms with van der Waals surface area (Å²) in [7, 11) is 0. The summed E-state index contributed by atoms with van der Waals surface area (Å²) in [4.78, 5) is 2.30. The largest absolute Gasteiger partial charge is 0.447 e. The molecule has 90 valence electrons. The summed E-state index contributed by atoms with van der Waals surface area (Å²) in [5.74, 6) is 0.564. The molecule has 1 saturated heterocycles. The standard InChI is InChI=1S/C12H18ClNO2/c13-12-6-5-11(16-12)10(15)9-14-7-3-1-2-4-8-14/h5-6,10,15H,1-4,7-9H2. The van der Waals surface area contributed by atoms with Crippen LogP contribution in [0.3, 0.4) is 0 Å². The third kappa shape index (κ3) is 3.24. The van der Waals surface area contributed by atoms with Crippen molar-refractivity contribution in [2.24, 2.45) is 0 Å². The lowest BCUT2D eigenvalue weighted by molar-refractivity contribution is 0.0962. The maximum absolute atomic E-state index is 9.98. The predicted molar refractivity (Wildman–Crippen MR) is 63.6 cm³/mol. The molecule has 1 unspecified atom stereocenters. The normalized spacial score (nSPS) is 20.6. The third-order valence-electron chi connectivity index (χ3n) is 3.05. The van der Waals surface area contributed by atoms with Gasteiger partial charge < -0.3 is 14.4 Å².